The van der Waals surface area contributed by atoms with E-state index in [1.54, 1.807) is 60.6 Å². The van der Waals surface area contributed by atoms with Crippen molar-refractivity contribution in [3.05, 3.63) is 84.2 Å². The summed E-state index contributed by atoms with van der Waals surface area (Å²) in [5.74, 6) is 2.21. The first-order valence-corrected chi connectivity index (χ1v) is 12.5. The summed E-state index contributed by atoms with van der Waals surface area (Å²) >= 11 is 1.67. The van der Waals surface area contributed by atoms with E-state index in [-0.39, 0.29) is 23.3 Å². The number of carbonyl (C=O) groups excluding carboxylic acids is 1. The Morgan fingerprint density at radius 3 is 2.32 bits per heavy atom. The quantitative estimate of drug-likeness (QED) is 0.497. The maximum atomic E-state index is 12.3. The van der Waals surface area contributed by atoms with Gasteiger partial charge in [0.25, 0.3) is 0 Å². The number of amides is 1. The van der Waals surface area contributed by atoms with E-state index < -0.39 is 9.84 Å². The molecule has 1 saturated heterocycles. The number of sulfone groups is 1. The number of nitrogens with one attached hydrogen (secondary N) is 1. The molecule has 0 radical (unpaired) electrons. The highest BCUT2D eigenvalue weighted by Crippen LogP contribution is 2.33. The molecule has 1 fully saturated rings. The molecule has 1 amide bonds. The molecule has 0 bridgehead atoms. The van der Waals surface area contributed by atoms with Crippen LogP contribution in [0.25, 0.3) is 0 Å². The number of rotatable bonds is 9. The fourth-order valence-corrected chi connectivity index (χ4v) is 5.66. The van der Waals surface area contributed by atoms with E-state index in [1.165, 1.54) is 0 Å². The van der Waals surface area contributed by atoms with Gasteiger partial charge in [-0.3, -0.25) is 9.78 Å². The van der Waals surface area contributed by atoms with Gasteiger partial charge in [0.15, 0.2) is 9.84 Å². The Balaban J connectivity index is 1.29. The molecule has 1 unspecified atom stereocenters. The van der Waals surface area contributed by atoms with Gasteiger partial charge in [0.05, 0.1) is 17.1 Å². The number of aromatic nitrogens is 1. The SMILES string of the molecule is O=C(Cc1ccc(Oc2ccc(S(=O)(=O)CC3CS3)cc2)cc1)NCc1cccnc1. The number of benzene rings is 2. The highest BCUT2D eigenvalue weighted by molar-refractivity contribution is 8.08. The van der Waals surface area contributed by atoms with Crippen molar-refractivity contribution in [3.8, 4) is 11.5 Å². The Morgan fingerprint density at radius 2 is 1.71 bits per heavy atom. The van der Waals surface area contributed by atoms with Crippen LogP contribution in [0.4, 0.5) is 0 Å². The molecule has 1 atom stereocenters. The number of ether oxygens (including phenoxy) is 1. The number of hydrogen-bond acceptors (Lipinski definition) is 6. The molecule has 1 N–H and O–H groups in total. The smallest absolute Gasteiger partial charge is 0.224 e. The van der Waals surface area contributed by atoms with E-state index >= 15 is 0 Å². The lowest BCUT2D eigenvalue weighted by Crippen LogP contribution is -2.24. The summed E-state index contributed by atoms with van der Waals surface area (Å²) in [6, 6.07) is 17.5. The van der Waals surface area contributed by atoms with Crippen LogP contribution in [0.1, 0.15) is 11.1 Å². The van der Waals surface area contributed by atoms with Gasteiger partial charge in [-0.05, 0) is 53.6 Å². The molecule has 4 rings (SSSR count). The summed E-state index contributed by atoms with van der Waals surface area (Å²) < 4.78 is 30.4. The van der Waals surface area contributed by atoms with Gasteiger partial charge in [-0.2, -0.15) is 11.8 Å². The maximum Gasteiger partial charge on any atom is 0.224 e. The van der Waals surface area contributed by atoms with E-state index in [2.05, 4.69) is 10.3 Å². The third-order valence-corrected chi connectivity index (χ3v) is 7.74. The van der Waals surface area contributed by atoms with Crippen molar-refractivity contribution in [2.45, 2.75) is 23.1 Å². The summed E-state index contributed by atoms with van der Waals surface area (Å²) in [7, 11) is -3.24. The monoisotopic (exact) mass is 454 g/mol. The number of nitrogens with zero attached hydrogens (tertiary/aromatic N) is 1. The summed E-state index contributed by atoms with van der Waals surface area (Å²) in [5.41, 5.74) is 1.82. The van der Waals surface area contributed by atoms with Gasteiger partial charge in [0, 0.05) is 29.9 Å². The lowest BCUT2D eigenvalue weighted by Gasteiger charge is -2.09. The van der Waals surface area contributed by atoms with Gasteiger partial charge in [-0.15, -0.1) is 0 Å². The van der Waals surface area contributed by atoms with Gasteiger partial charge in [0.2, 0.25) is 5.91 Å². The van der Waals surface area contributed by atoms with E-state index in [0.29, 0.717) is 22.9 Å². The summed E-state index contributed by atoms with van der Waals surface area (Å²) in [6.07, 6.45) is 3.69. The third kappa shape index (κ3) is 6.32. The van der Waals surface area contributed by atoms with Crippen LogP contribution in [0.15, 0.2) is 78.0 Å². The zero-order valence-corrected chi connectivity index (χ0v) is 18.4. The Morgan fingerprint density at radius 1 is 1.03 bits per heavy atom. The van der Waals surface area contributed by atoms with Gasteiger partial charge >= 0.3 is 0 Å². The van der Waals surface area contributed by atoms with Crippen LogP contribution in [0.5, 0.6) is 11.5 Å². The number of carbonyl (C=O) groups is 1. The van der Waals surface area contributed by atoms with Crippen LogP contribution in [-0.4, -0.2) is 36.1 Å². The minimum absolute atomic E-state index is 0.0704. The molecular weight excluding hydrogens is 432 g/mol. The maximum absolute atomic E-state index is 12.3. The van der Waals surface area contributed by atoms with E-state index in [4.69, 9.17) is 4.74 Å². The Hall–Kier alpha value is -2.84. The fourth-order valence-electron chi connectivity index (χ4n) is 2.98. The molecule has 1 aromatic heterocycles. The van der Waals surface area contributed by atoms with Crippen LogP contribution in [0.3, 0.4) is 0 Å². The molecule has 1 aliphatic heterocycles. The standard InChI is InChI=1S/C23H22N2O4S2/c26-23(25-14-18-2-1-11-24-13-18)12-17-3-5-19(6-4-17)29-20-7-9-22(10-8-20)31(27,28)16-21-15-30-21/h1-11,13,21H,12,14-16H2,(H,25,26). The Kier molecular flexibility index (Phi) is 6.58. The average Bonchev–Trinajstić information content (AvgIpc) is 3.58. The first kappa shape index (κ1) is 21.4. The van der Waals surface area contributed by atoms with Crippen molar-refractivity contribution in [1.29, 1.82) is 0 Å². The molecule has 160 valence electrons. The molecule has 6 nitrogen and oxygen atoms in total. The number of pyridine rings is 1. The second-order valence-electron chi connectivity index (χ2n) is 7.27. The predicted molar refractivity (Wildman–Crippen MR) is 121 cm³/mol. The molecule has 3 aromatic rings. The van der Waals surface area contributed by atoms with Crippen molar-refractivity contribution >= 4 is 27.5 Å². The van der Waals surface area contributed by atoms with Crippen molar-refractivity contribution in [1.82, 2.24) is 10.3 Å². The molecule has 0 aliphatic carbocycles. The largest absolute Gasteiger partial charge is 0.457 e. The fraction of sp³-hybridized carbons (Fsp3) is 0.217. The Labute approximate surface area is 186 Å². The van der Waals surface area contributed by atoms with Gasteiger partial charge in [-0.1, -0.05) is 18.2 Å². The lowest BCUT2D eigenvalue weighted by atomic mass is 10.1. The first-order valence-electron chi connectivity index (χ1n) is 9.85. The molecule has 8 heteroatoms. The lowest BCUT2D eigenvalue weighted by molar-refractivity contribution is -0.120. The normalized spacial score (nSPS) is 15.3. The molecule has 0 spiro atoms. The first-order chi connectivity index (χ1) is 15.0. The minimum atomic E-state index is -3.24. The zero-order valence-electron chi connectivity index (χ0n) is 16.7. The number of hydrogen-bond donors (Lipinski definition) is 1. The van der Waals surface area contributed by atoms with E-state index in [1.807, 2.05) is 24.3 Å². The van der Waals surface area contributed by atoms with Crippen LogP contribution < -0.4 is 10.1 Å². The van der Waals surface area contributed by atoms with Crippen molar-refractivity contribution in [3.63, 3.8) is 0 Å². The van der Waals surface area contributed by atoms with Crippen molar-refractivity contribution in [2.24, 2.45) is 0 Å². The summed E-state index contributed by atoms with van der Waals surface area (Å²) in [5, 5.41) is 3.11. The van der Waals surface area contributed by atoms with E-state index in [0.717, 1.165) is 16.9 Å². The minimum Gasteiger partial charge on any atom is -0.457 e. The molecule has 2 heterocycles. The van der Waals surface area contributed by atoms with Crippen LogP contribution in [0.2, 0.25) is 0 Å². The molecule has 0 saturated carbocycles. The topological polar surface area (TPSA) is 85.4 Å². The third-order valence-electron chi connectivity index (χ3n) is 4.73. The Bertz CT molecular complexity index is 1130. The van der Waals surface area contributed by atoms with Gasteiger partial charge < -0.3 is 10.1 Å². The van der Waals surface area contributed by atoms with Gasteiger partial charge in [-0.25, -0.2) is 8.42 Å². The van der Waals surface area contributed by atoms with Crippen molar-refractivity contribution in [2.75, 3.05) is 11.5 Å². The molecule has 1 aliphatic rings. The van der Waals surface area contributed by atoms with Crippen LogP contribution in [-0.2, 0) is 27.6 Å². The predicted octanol–water partition coefficient (Wildman–Crippen LogP) is 3.62. The highest BCUT2D eigenvalue weighted by Gasteiger charge is 2.29. The average molecular weight is 455 g/mol. The second-order valence-corrected chi connectivity index (χ2v) is 10.6. The van der Waals surface area contributed by atoms with E-state index in [9.17, 15) is 13.2 Å². The molecule has 2 aromatic carbocycles. The zero-order chi connectivity index (χ0) is 21.7. The van der Waals surface area contributed by atoms with Crippen LogP contribution in [0, 0.1) is 0 Å². The van der Waals surface area contributed by atoms with Gasteiger partial charge in [0.1, 0.15) is 11.5 Å². The highest BCUT2D eigenvalue weighted by atomic mass is 32.2. The number of thioether (sulfide) groups is 1. The van der Waals surface area contributed by atoms with Crippen molar-refractivity contribution < 1.29 is 17.9 Å². The molecule has 31 heavy (non-hydrogen) atoms. The summed E-state index contributed by atoms with van der Waals surface area (Å²) in [6.45, 7) is 0.444. The summed E-state index contributed by atoms with van der Waals surface area (Å²) in [4.78, 5) is 16.5. The molecular formula is C23H22N2O4S2. The van der Waals surface area contributed by atoms with Crippen LogP contribution >= 0.6 is 11.8 Å². The second kappa shape index (κ2) is 9.53.